The third kappa shape index (κ3) is 2.57. The summed E-state index contributed by atoms with van der Waals surface area (Å²) in [5.74, 6) is -2.06. The number of hydrogen-bond donors (Lipinski definition) is 1. The summed E-state index contributed by atoms with van der Waals surface area (Å²) in [6.45, 7) is 1.55. The molecule has 1 aliphatic carbocycles. The third-order valence-electron chi connectivity index (χ3n) is 3.68. The van der Waals surface area contributed by atoms with E-state index in [-0.39, 0.29) is 23.0 Å². The number of aromatic nitrogens is 2. The molecule has 1 aromatic heterocycles. The minimum absolute atomic E-state index is 0.205. The van der Waals surface area contributed by atoms with Gasteiger partial charge < -0.3 is 0 Å². The van der Waals surface area contributed by atoms with E-state index < -0.39 is 11.8 Å². The highest BCUT2D eigenvalue weighted by atomic mass is 16.2. The van der Waals surface area contributed by atoms with E-state index in [0.29, 0.717) is 11.1 Å². The number of aryl methyl sites for hydroxylation is 1. The number of Topliss-reactive ketones (excluding diaryl/α,β-unsaturated/α-hetero) is 2. The van der Waals surface area contributed by atoms with Gasteiger partial charge in [-0.15, -0.1) is 0 Å². The molecule has 0 saturated heterocycles. The maximum atomic E-state index is 12.3. The second-order valence-corrected chi connectivity index (χ2v) is 5.28. The van der Waals surface area contributed by atoms with E-state index in [1.807, 2.05) is 0 Å². The molecule has 0 unspecified atom stereocenters. The summed E-state index contributed by atoms with van der Waals surface area (Å²) in [6.07, 6.45) is 1.63. The van der Waals surface area contributed by atoms with Crippen LogP contribution < -0.4 is 5.43 Å². The van der Waals surface area contributed by atoms with Crippen molar-refractivity contribution in [2.45, 2.75) is 6.92 Å². The largest absolute Gasteiger partial charge is 0.293 e. The lowest BCUT2D eigenvalue weighted by atomic mass is 9.99. The van der Waals surface area contributed by atoms with Crippen LogP contribution in [0.5, 0.6) is 0 Å². The van der Waals surface area contributed by atoms with Gasteiger partial charge in [0, 0.05) is 24.4 Å². The first kappa shape index (κ1) is 14.8. The second kappa shape index (κ2) is 5.60. The third-order valence-corrected chi connectivity index (χ3v) is 3.68. The summed E-state index contributed by atoms with van der Waals surface area (Å²) < 4.78 is 1.49. The number of hydrogen-bond acceptors (Lipinski definition) is 5. The Balaban J connectivity index is 1.79. The maximum absolute atomic E-state index is 12.3. The smallest absolute Gasteiger partial charge is 0.291 e. The summed E-state index contributed by atoms with van der Waals surface area (Å²) >= 11 is 0. The molecule has 1 aromatic carbocycles. The van der Waals surface area contributed by atoms with Crippen molar-refractivity contribution in [1.29, 1.82) is 0 Å². The van der Waals surface area contributed by atoms with E-state index >= 15 is 0 Å². The van der Waals surface area contributed by atoms with Crippen LogP contribution in [-0.4, -0.2) is 33.0 Å². The Kier molecular flexibility index (Phi) is 3.61. The summed E-state index contributed by atoms with van der Waals surface area (Å²) in [4.78, 5) is 36.6. The van der Waals surface area contributed by atoms with E-state index in [9.17, 15) is 14.4 Å². The Morgan fingerprint density at radius 3 is 2.30 bits per heavy atom. The Labute approximate surface area is 132 Å². The molecule has 1 N–H and O–H groups in total. The van der Waals surface area contributed by atoms with Crippen molar-refractivity contribution in [3.63, 3.8) is 0 Å². The quantitative estimate of drug-likeness (QED) is 0.524. The van der Waals surface area contributed by atoms with Gasteiger partial charge in [0.2, 0.25) is 0 Å². The molecule has 7 heteroatoms. The molecule has 0 fully saturated rings. The van der Waals surface area contributed by atoms with Crippen LogP contribution in [0.1, 0.15) is 38.1 Å². The van der Waals surface area contributed by atoms with E-state index in [1.54, 1.807) is 50.5 Å². The standard InChI is InChI=1S/C16H14N4O3/c1-9(17-18-16(23)12-7-8-20(2)19-12)13-14(21)10-5-3-4-6-11(10)15(13)22/h3-8,13H,1-2H3,(H,18,23)/b17-9-. The van der Waals surface area contributed by atoms with Crippen LogP contribution in [0.2, 0.25) is 0 Å². The normalized spacial score (nSPS) is 15.0. The monoisotopic (exact) mass is 310 g/mol. The number of amides is 1. The van der Waals surface area contributed by atoms with E-state index in [1.165, 1.54) is 4.68 Å². The molecule has 2 aromatic rings. The molecule has 116 valence electrons. The van der Waals surface area contributed by atoms with Gasteiger partial charge in [-0.05, 0) is 13.0 Å². The minimum Gasteiger partial charge on any atom is -0.293 e. The first-order chi connectivity index (χ1) is 11.0. The average Bonchev–Trinajstić information content (AvgIpc) is 3.08. The van der Waals surface area contributed by atoms with E-state index in [0.717, 1.165) is 0 Å². The van der Waals surface area contributed by atoms with Gasteiger partial charge in [0.1, 0.15) is 5.92 Å². The van der Waals surface area contributed by atoms with Crippen molar-refractivity contribution in [2.24, 2.45) is 18.1 Å². The van der Waals surface area contributed by atoms with Crippen LogP contribution in [0, 0.1) is 5.92 Å². The van der Waals surface area contributed by atoms with E-state index in [2.05, 4.69) is 15.6 Å². The van der Waals surface area contributed by atoms with Crippen molar-refractivity contribution in [1.82, 2.24) is 15.2 Å². The molecule has 0 aliphatic heterocycles. The number of fused-ring (bicyclic) bond motifs is 1. The van der Waals surface area contributed by atoms with Gasteiger partial charge in [0.15, 0.2) is 17.3 Å². The lowest BCUT2D eigenvalue weighted by Crippen LogP contribution is -2.27. The van der Waals surface area contributed by atoms with Crippen LogP contribution in [0.25, 0.3) is 0 Å². The zero-order valence-corrected chi connectivity index (χ0v) is 12.6. The van der Waals surface area contributed by atoms with E-state index in [4.69, 9.17) is 0 Å². The Hall–Kier alpha value is -3.09. The number of hydrazone groups is 1. The highest BCUT2D eigenvalue weighted by Gasteiger charge is 2.40. The van der Waals surface area contributed by atoms with Crippen LogP contribution in [0.3, 0.4) is 0 Å². The Morgan fingerprint density at radius 1 is 1.17 bits per heavy atom. The van der Waals surface area contributed by atoms with Crippen LogP contribution in [-0.2, 0) is 7.05 Å². The van der Waals surface area contributed by atoms with Gasteiger partial charge in [-0.25, -0.2) is 5.43 Å². The van der Waals surface area contributed by atoms with Crippen molar-refractivity contribution >= 4 is 23.2 Å². The van der Waals surface area contributed by atoms with Gasteiger partial charge in [0.25, 0.3) is 5.91 Å². The highest BCUT2D eigenvalue weighted by Crippen LogP contribution is 2.27. The molecule has 1 aliphatic rings. The molecule has 0 bridgehead atoms. The molecular weight excluding hydrogens is 296 g/mol. The Morgan fingerprint density at radius 2 is 1.78 bits per heavy atom. The van der Waals surface area contributed by atoms with Crippen LogP contribution in [0.15, 0.2) is 41.6 Å². The fraction of sp³-hybridized carbons (Fsp3) is 0.188. The highest BCUT2D eigenvalue weighted by molar-refractivity contribution is 6.36. The topological polar surface area (TPSA) is 93.4 Å². The van der Waals surface area contributed by atoms with Gasteiger partial charge >= 0.3 is 0 Å². The van der Waals surface area contributed by atoms with Crippen molar-refractivity contribution in [2.75, 3.05) is 0 Å². The molecule has 0 saturated carbocycles. The van der Waals surface area contributed by atoms with Gasteiger partial charge in [-0.3, -0.25) is 19.1 Å². The second-order valence-electron chi connectivity index (χ2n) is 5.28. The predicted molar refractivity (Wildman–Crippen MR) is 82.4 cm³/mol. The van der Waals surface area contributed by atoms with Crippen molar-refractivity contribution < 1.29 is 14.4 Å². The SMILES string of the molecule is C/C(=N/NC(=O)c1ccn(C)n1)C1C(=O)c2ccccc2C1=O. The molecular formula is C16H14N4O3. The molecule has 0 atom stereocenters. The van der Waals surface area contributed by atoms with Crippen molar-refractivity contribution in [3.05, 3.63) is 53.3 Å². The number of benzene rings is 1. The van der Waals surface area contributed by atoms with Crippen LogP contribution >= 0.6 is 0 Å². The van der Waals surface area contributed by atoms with Crippen molar-refractivity contribution in [3.8, 4) is 0 Å². The number of nitrogens with zero attached hydrogens (tertiary/aromatic N) is 3. The first-order valence-corrected chi connectivity index (χ1v) is 7.00. The minimum atomic E-state index is -0.976. The van der Waals surface area contributed by atoms with Crippen LogP contribution in [0.4, 0.5) is 0 Å². The average molecular weight is 310 g/mol. The number of rotatable bonds is 3. The Bertz CT molecular complexity index is 816. The zero-order chi connectivity index (χ0) is 16.6. The van der Waals surface area contributed by atoms with Gasteiger partial charge in [-0.2, -0.15) is 10.2 Å². The molecule has 0 spiro atoms. The zero-order valence-electron chi connectivity index (χ0n) is 12.6. The first-order valence-electron chi connectivity index (χ1n) is 7.00. The number of nitrogens with one attached hydrogen (secondary N) is 1. The summed E-state index contributed by atoms with van der Waals surface area (Å²) in [7, 11) is 1.69. The summed E-state index contributed by atoms with van der Waals surface area (Å²) in [5.41, 5.74) is 3.57. The number of carbonyl (C=O) groups excluding carboxylic acids is 3. The number of carbonyl (C=O) groups is 3. The molecule has 1 amide bonds. The molecule has 0 radical (unpaired) electrons. The number of ketones is 2. The lowest BCUT2D eigenvalue weighted by Gasteiger charge is -2.06. The summed E-state index contributed by atoms with van der Waals surface area (Å²) in [6, 6.07) is 8.20. The predicted octanol–water partition coefficient (Wildman–Crippen LogP) is 1.22. The maximum Gasteiger partial charge on any atom is 0.291 e. The van der Waals surface area contributed by atoms with Gasteiger partial charge in [0.05, 0.1) is 5.71 Å². The lowest BCUT2D eigenvalue weighted by molar-refractivity contribution is 0.0877. The molecule has 7 nitrogen and oxygen atoms in total. The molecule has 3 rings (SSSR count). The summed E-state index contributed by atoms with van der Waals surface area (Å²) in [5, 5.41) is 7.85. The fourth-order valence-corrected chi connectivity index (χ4v) is 2.52. The molecule has 1 heterocycles. The fourth-order valence-electron chi connectivity index (χ4n) is 2.52. The molecule has 23 heavy (non-hydrogen) atoms. The van der Waals surface area contributed by atoms with Gasteiger partial charge in [-0.1, -0.05) is 24.3 Å².